The van der Waals surface area contributed by atoms with Gasteiger partial charge in [0.25, 0.3) is 0 Å². The lowest BCUT2D eigenvalue weighted by Gasteiger charge is -2.14. The van der Waals surface area contributed by atoms with Gasteiger partial charge in [0.05, 0.1) is 39.4 Å². The van der Waals surface area contributed by atoms with E-state index >= 15 is 0 Å². The third-order valence-corrected chi connectivity index (χ3v) is 3.06. The van der Waals surface area contributed by atoms with Crippen molar-refractivity contribution in [3.8, 4) is 17.2 Å². The summed E-state index contributed by atoms with van der Waals surface area (Å²) in [7, 11) is 6.01. The van der Waals surface area contributed by atoms with Crippen molar-refractivity contribution in [2.45, 2.75) is 0 Å². The summed E-state index contributed by atoms with van der Waals surface area (Å²) in [5, 5.41) is 1.56. The van der Waals surface area contributed by atoms with Gasteiger partial charge in [-0.3, -0.25) is 0 Å². The van der Waals surface area contributed by atoms with Crippen molar-refractivity contribution in [2.75, 3.05) is 28.4 Å². The molecule has 2 aromatic rings. The van der Waals surface area contributed by atoms with E-state index in [9.17, 15) is 4.79 Å². The predicted octanol–water partition coefficient (Wildman–Crippen LogP) is 2.65. The molecule has 0 heterocycles. The number of ether oxygens (including phenoxy) is 4. The highest BCUT2D eigenvalue weighted by atomic mass is 16.5. The van der Waals surface area contributed by atoms with Gasteiger partial charge >= 0.3 is 5.97 Å². The molecular weight excluding hydrogens is 260 g/mol. The molecule has 0 unspecified atom stereocenters. The second kappa shape index (κ2) is 5.69. The van der Waals surface area contributed by atoms with Crippen molar-refractivity contribution in [1.29, 1.82) is 0 Å². The Hall–Kier alpha value is -2.43. The van der Waals surface area contributed by atoms with Crippen LogP contribution in [0.2, 0.25) is 0 Å². The molecule has 0 N–H and O–H groups in total. The molecular formula is C15H16O5. The van der Waals surface area contributed by atoms with Gasteiger partial charge in [-0.1, -0.05) is 6.07 Å². The Morgan fingerprint density at radius 1 is 0.900 bits per heavy atom. The zero-order chi connectivity index (χ0) is 14.7. The summed E-state index contributed by atoms with van der Waals surface area (Å²) in [6.45, 7) is 0. The first kappa shape index (κ1) is 14.0. The number of benzene rings is 2. The Kier molecular flexibility index (Phi) is 3.98. The van der Waals surface area contributed by atoms with Gasteiger partial charge in [-0.25, -0.2) is 4.79 Å². The van der Waals surface area contributed by atoms with Crippen molar-refractivity contribution >= 4 is 16.7 Å². The molecule has 0 radical (unpaired) electrons. The second-order valence-corrected chi connectivity index (χ2v) is 4.07. The first-order valence-corrected chi connectivity index (χ1v) is 5.97. The van der Waals surface area contributed by atoms with Crippen molar-refractivity contribution in [2.24, 2.45) is 0 Å². The summed E-state index contributed by atoms with van der Waals surface area (Å²) in [4.78, 5) is 11.7. The Morgan fingerprint density at radius 2 is 1.60 bits per heavy atom. The van der Waals surface area contributed by atoms with E-state index in [0.717, 1.165) is 10.8 Å². The molecule has 106 valence electrons. The molecule has 5 heteroatoms. The first-order valence-electron chi connectivity index (χ1n) is 5.97. The second-order valence-electron chi connectivity index (χ2n) is 4.07. The third-order valence-electron chi connectivity index (χ3n) is 3.06. The number of methoxy groups -OCH3 is 4. The van der Waals surface area contributed by atoms with Crippen LogP contribution in [0.25, 0.3) is 10.8 Å². The molecule has 0 saturated heterocycles. The van der Waals surface area contributed by atoms with Gasteiger partial charge in [-0.15, -0.1) is 0 Å². The van der Waals surface area contributed by atoms with E-state index < -0.39 is 5.97 Å². The maximum atomic E-state index is 11.7. The molecule has 5 nitrogen and oxygen atoms in total. The highest BCUT2D eigenvalue weighted by Gasteiger charge is 2.17. The van der Waals surface area contributed by atoms with E-state index in [1.54, 1.807) is 32.4 Å². The summed E-state index contributed by atoms with van der Waals surface area (Å²) < 4.78 is 20.8. The third kappa shape index (κ3) is 2.22. The van der Waals surface area contributed by atoms with Gasteiger partial charge < -0.3 is 18.9 Å². The Bertz CT molecular complexity index is 648. The predicted molar refractivity (Wildman–Crippen MR) is 74.9 cm³/mol. The number of hydrogen-bond donors (Lipinski definition) is 0. The van der Waals surface area contributed by atoms with Crippen molar-refractivity contribution in [1.82, 2.24) is 0 Å². The average Bonchev–Trinajstić information content (AvgIpc) is 2.51. The van der Waals surface area contributed by atoms with Crippen LogP contribution in [-0.4, -0.2) is 34.4 Å². The molecule has 0 aliphatic rings. The van der Waals surface area contributed by atoms with Crippen LogP contribution in [0.15, 0.2) is 24.3 Å². The number of hydrogen-bond acceptors (Lipinski definition) is 5. The molecule has 20 heavy (non-hydrogen) atoms. The number of fused-ring (bicyclic) bond motifs is 1. The first-order chi connectivity index (χ1) is 9.65. The summed E-state index contributed by atoms with van der Waals surface area (Å²) in [5.41, 5.74) is 0.420. The van der Waals surface area contributed by atoms with Crippen LogP contribution in [0, 0.1) is 0 Å². The van der Waals surface area contributed by atoms with Crippen LogP contribution in [-0.2, 0) is 4.74 Å². The molecule has 0 aliphatic heterocycles. The molecule has 0 aromatic heterocycles. The van der Waals surface area contributed by atoms with E-state index in [0.29, 0.717) is 22.8 Å². The number of esters is 1. The summed E-state index contributed by atoms with van der Waals surface area (Å²) in [6, 6.07) is 6.97. The van der Waals surface area contributed by atoms with Crippen LogP contribution in [0.4, 0.5) is 0 Å². The molecule has 0 bridgehead atoms. The van der Waals surface area contributed by atoms with E-state index in [1.165, 1.54) is 14.2 Å². The highest BCUT2D eigenvalue weighted by Crippen LogP contribution is 2.41. The SMILES string of the molecule is COC(=O)c1cc(OC)c2c(OC)c(OC)ccc2c1. The number of rotatable bonds is 4. The maximum Gasteiger partial charge on any atom is 0.338 e. The zero-order valence-corrected chi connectivity index (χ0v) is 11.9. The van der Waals surface area contributed by atoms with Crippen LogP contribution >= 0.6 is 0 Å². The topological polar surface area (TPSA) is 54.0 Å². The molecule has 0 aliphatic carbocycles. The van der Waals surface area contributed by atoms with Gasteiger partial charge in [0, 0.05) is 0 Å². The fourth-order valence-electron chi connectivity index (χ4n) is 2.14. The largest absolute Gasteiger partial charge is 0.496 e. The molecule has 0 fully saturated rings. The van der Waals surface area contributed by atoms with Crippen LogP contribution in [0.1, 0.15) is 10.4 Å². The van der Waals surface area contributed by atoms with Crippen LogP contribution in [0.5, 0.6) is 17.2 Å². The summed E-state index contributed by atoms with van der Waals surface area (Å²) in [5.74, 6) is 1.28. The minimum Gasteiger partial charge on any atom is -0.496 e. The Morgan fingerprint density at radius 3 is 2.15 bits per heavy atom. The monoisotopic (exact) mass is 276 g/mol. The molecule has 0 amide bonds. The van der Waals surface area contributed by atoms with Gasteiger partial charge in [-0.2, -0.15) is 0 Å². The Balaban J connectivity index is 2.79. The van der Waals surface area contributed by atoms with Gasteiger partial charge in [0.2, 0.25) is 0 Å². The maximum absolute atomic E-state index is 11.7. The Labute approximate surface area is 117 Å². The molecule has 2 rings (SSSR count). The lowest BCUT2D eigenvalue weighted by atomic mass is 10.0. The molecule has 0 spiro atoms. The van der Waals surface area contributed by atoms with Gasteiger partial charge in [0.1, 0.15) is 5.75 Å². The minimum absolute atomic E-state index is 0.417. The van der Waals surface area contributed by atoms with Crippen molar-refractivity contribution < 1.29 is 23.7 Å². The highest BCUT2D eigenvalue weighted by molar-refractivity contribution is 6.01. The number of carbonyl (C=O) groups is 1. The summed E-state index contributed by atoms with van der Waals surface area (Å²) >= 11 is 0. The van der Waals surface area contributed by atoms with E-state index in [4.69, 9.17) is 18.9 Å². The van der Waals surface area contributed by atoms with Crippen molar-refractivity contribution in [3.63, 3.8) is 0 Å². The lowest BCUT2D eigenvalue weighted by Crippen LogP contribution is -2.02. The molecule has 0 atom stereocenters. The van der Waals surface area contributed by atoms with Crippen LogP contribution < -0.4 is 14.2 Å². The average molecular weight is 276 g/mol. The summed E-state index contributed by atoms with van der Waals surface area (Å²) in [6.07, 6.45) is 0. The minimum atomic E-state index is -0.417. The number of carbonyl (C=O) groups excluding carboxylic acids is 1. The zero-order valence-electron chi connectivity index (χ0n) is 11.9. The van der Waals surface area contributed by atoms with Crippen LogP contribution in [0.3, 0.4) is 0 Å². The van der Waals surface area contributed by atoms with Gasteiger partial charge in [-0.05, 0) is 23.6 Å². The van der Waals surface area contributed by atoms with Crippen molar-refractivity contribution in [3.05, 3.63) is 29.8 Å². The standard InChI is InChI=1S/C15H16O5/c1-17-11-6-5-9-7-10(15(16)20-4)8-12(18-2)13(9)14(11)19-3/h5-8H,1-4H3. The van der Waals surface area contributed by atoms with Gasteiger partial charge in [0.15, 0.2) is 11.5 Å². The quantitative estimate of drug-likeness (QED) is 0.803. The van der Waals surface area contributed by atoms with E-state index in [1.807, 2.05) is 6.07 Å². The normalized spacial score (nSPS) is 10.2. The lowest BCUT2D eigenvalue weighted by molar-refractivity contribution is 0.0600. The smallest absolute Gasteiger partial charge is 0.338 e. The molecule has 2 aromatic carbocycles. The van der Waals surface area contributed by atoms with E-state index in [2.05, 4.69) is 0 Å². The van der Waals surface area contributed by atoms with E-state index in [-0.39, 0.29) is 0 Å². The fourth-order valence-corrected chi connectivity index (χ4v) is 2.14. The molecule has 0 saturated carbocycles. The fraction of sp³-hybridized carbons (Fsp3) is 0.267.